The van der Waals surface area contributed by atoms with Crippen LogP contribution in [0.2, 0.25) is 10.0 Å². The predicted molar refractivity (Wildman–Crippen MR) is 109 cm³/mol. The fourth-order valence-corrected chi connectivity index (χ4v) is 3.40. The van der Waals surface area contributed by atoms with E-state index in [9.17, 15) is 4.79 Å². The molecule has 0 bridgehead atoms. The van der Waals surface area contributed by atoms with Gasteiger partial charge in [0.15, 0.2) is 0 Å². The minimum Gasteiger partial charge on any atom is -0.489 e. The van der Waals surface area contributed by atoms with Crippen molar-refractivity contribution < 1.29 is 9.53 Å². The van der Waals surface area contributed by atoms with Crippen LogP contribution in [0.4, 0.5) is 5.69 Å². The Hall–Kier alpha value is -2.01. The minimum absolute atomic E-state index is 0.189. The quantitative estimate of drug-likeness (QED) is 0.525. The van der Waals surface area contributed by atoms with Gasteiger partial charge in [0, 0.05) is 11.3 Å². The maximum absolute atomic E-state index is 12.4. The van der Waals surface area contributed by atoms with E-state index in [-0.39, 0.29) is 5.91 Å². The second kappa shape index (κ2) is 8.12. The second-order valence-corrected chi connectivity index (χ2v) is 7.66. The van der Waals surface area contributed by atoms with Gasteiger partial charge in [-0.25, -0.2) is 0 Å². The largest absolute Gasteiger partial charge is 0.489 e. The smallest absolute Gasteiger partial charge is 0.265 e. The highest BCUT2D eigenvalue weighted by atomic mass is 35.5. The summed E-state index contributed by atoms with van der Waals surface area (Å²) >= 11 is 13.2. The zero-order valence-electron chi connectivity index (χ0n) is 14.3. The van der Waals surface area contributed by atoms with Crippen molar-refractivity contribution in [3.63, 3.8) is 0 Å². The molecule has 6 heteroatoms. The molecule has 26 heavy (non-hydrogen) atoms. The Morgan fingerprint density at radius 3 is 2.58 bits per heavy atom. The number of anilines is 1. The number of halogens is 2. The van der Waals surface area contributed by atoms with E-state index in [4.69, 9.17) is 27.9 Å². The van der Waals surface area contributed by atoms with Gasteiger partial charge in [-0.1, -0.05) is 29.3 Å². The first-order valence-electron chi connectivity index (χ1n) is 7.96. The van der Waals surface area contributed by atoms with Crippen molar-refractivity contribution in [1.82, 2.24) is 0 Å². The average Bonchev–Trinajstić information content (AvgIpc) is 3.08. The van der Waals surface area contributed by atoms with Crippen molar-refractivity contribution in [2.24, 2.45) is 0 Å². The fourth-order valence-electron chi connectivity index (χ4n) is 2.31. The number of aryl methyl sites for hydroxylation is 2. The Kier molecular flexibility index (Phi) is 5.87. The molecule has 0 spiro atoms. The molecule has 2 aromatic carbocycles. The summed E-state index contributed by atoms with van der Waals surface area (Å²) in [6.45, 7) is 4.54. The molecule has 1 amide bonds. The van der Waals surface area contributed by atoms with E-state index in [1.54, 1.807) is 18.2 Å². The van der Waals surface area contributed by atoms with Crippen molar-refractivity contribution in [2.45, 2.75) is 20.5 Å². The summed E-state index contributed by atoms with van der Waals surface area (Å²) < 4.78 is 5.81. The van der Waals surface area contributed by atoms with Gasteiger partial charge >= 0.3 is 0 Å². The van der Waals surface area contributed by atoms with E-state index in [1.807, 2.05) is 29.6 Å². The Morgan fingerprint density at radius 2 is 1.85 bits per heavy atom. The lowest BCUT2D eigenvalue weighted by molar-refractivity contribution is 0.103. The van der Waals surface area contributed by atoms with Crippen molar-refractivity contribution in [3.05, 3.63) is 79.5 Å². The molecule has 1 heterocycles. The van der Waals surface area contributed by atoms with Crippen LogP contribution in [-0.2, 0) is 6.61 Å². The van der Waals surface area contributed by atoms with E-state index in [0.717, 1.165) is 11.3 Å². The Morgan fingerprint density at radius 1 is 1.04 bits per heavy atom. The predicted octanol–water partition coefficient (Wildman–Crippen LogP) is 6.50. The lowest BCUT2D eigenvalue weighted by Gasteiger charge is -2.07. The summed E-state index contributed by atoms with van der Waals surface area (Å²) in [5, 5.41) is 5.59. The molecular weight excluding hydrogens is 389 g/mol. The summed E-state index contributed by atoms with van der Waals surface area (Å²) in [6, 6.07) is 12.8. The maximum Gasteiger partial charge on any atom is 0.265 e. The Balaban J connectivity index is 1.62. The Bertz CT molecular complexity index is 953. The summed E-state index contributed by atoms with van der Waals surface area (Å²) in [7, 11) is 0. The van der Waals surface area contributed by atoms with Crippen LogP contribution in [0.5, 0.6) is 5.75 Å². The lowest BCUT2D eigenvalue weighted by atomic mass is 10.1. The van der Waals surface area contributed by atoms with Crippen molar-refractivity contribution in [3.8, 4) is 5.75 Å². The summed E-state index contributed by atoms with van der Waals surface area (Å²) in [5.74, 6) is 0.631. The van der Waals surface area contributed by atoms with E-state index in [0.29, 0.717) is 27.2 Å². The molecule has 0 atom stereocenters. The van der Waals surface area contributed by atoms with Crippen LogP contribution < -0.4 is 10.1 Å². The first-order chi connectivity index (χ1) is 12.4. The van der Waals surface area contributed by atoms with Gasteiger partial charge in [-0.15, -0.1) is 11.3 Å². The van der Waals surface area contributed by atoms with Gasteiger partial charge in [-0.05, 0) is 66.8 Å². The first kappa shape index (κ1) is 18.8. The molecule has 0 fully saturated rings. The molecule has 0 aliphatic heterocycles. The molecule has 0 radical (unpaired) electrons. The average molecular weight is 406 g/mol. The molecule has 0 saturated heterocycles. The fraction of sp³-hybridized carbons (Fsp3) is 0.150. The normalized spacial score (nSPS) is 10.6. The second-order valence-electron chi connectivity index (χ2n) is 5.94. The van der Waals surface area contributed by atoms with Crippen LogP contribution in [0.3, 0.4) is 0 Å². The highest BCUT2D eigenvalue weighted by molar-refractivity contribution is 7.12. The molecule has 0 aliphatic carbocycles. The van der Waals surface area contributed by atoms with Gasteiger partial charge in [0.25, 0.3) is 5.91 Å². The summed E-state index contributed by atoms with van der Waals surface area (Å²) in [4.78, 5) is 13.0. The number of carbonyl (C=O) groups is 1. The molecular formula is C20H17Cl2NO2S. The number of hydrogen-bond acceptors (Lipinski definition) is 3. The maximum atomic E-state index is 12.4. The topological polar surface area (TPSA) is 38.3 Å². The molecule has 1 aromatic heterocycles. The van der Waals surface area contributed by atoms with E-state index in [2.05, 4.69) is 19.2 Å². The number of carbonyl (C=O) groups excluding carboxylic acids is 1. The molecule has 3 nitrogen and oxygen atoms in total. The van der Waals surface area contributed by atoms with Crippen LogP contribution in [0.15, 0.2) is 47.8 Å². The van der Waals surface area contributed by atoms with Crippen LogP contribution in [0, 0.1) is 13.8 Å². The molecule has 134 valence electrons. The molecule has 3 aromatic rings. The molecule has 0 unspecified atom stereocenters. The number of hydrogen-bond donors (Lipinski definition) is 1. The highest BCUT2D eigenvalue weighted by Crippen LogP contribution is 2.26. The molecule has 3 rings (SSSR count). The van der Waals surface area contributed by atoms with Gasteiger partial charge in [-0.2, -0.15) is 0 Å². The number of amides is 1. The zero-order valence-corrected chi connectivity index (χ0v) is 16.6. The SMILES string of the molecule is Cc1ccc(OCc2csc(C(=O)Nc3ccc(Cl)c(Cl)c3)c2)cc1C. The van der Waals surface area contributed by atoms with E-state index in [1.165, 1.54) is 22.5 Å². The van der Waals surface area contributed by atoms with Gasteiger partial charge in [0.2, 0.25) is 0 Å². The van der Waals surface area contributed by atoms with Crippen LogP contribution in [0.25, 0.3) is 0 Å². The molecule has 1 N–H and O–H groups in total. The van der Waals surface area contributed by atoms with Gasteiger partial charge in [0.1, 0.15) is 12.4 Å². The standard InChI is InChI=1S/C20H17Cl2NO2S/c1-12-3-5-16(7-13(12)2)25-10-14-8-19(26-11-14)20(24)23-15-4-6-17(21)18(22)9-15/h3-9,11H,10H2,1-2H3,(H,23,24). The Labute approximate surface area is 166 Å². The van der Waals surface area contributed by atoms with E-state index < -0.39 is 0 Å². The van der Waals surface area contributed by atoms with E-state index >= 15 is 0 Å². The van der Waals surface area contributed by atoms with Gasteiger partial charge < -0.3 is 10.1 Å². The monoisotopic (exact) mass is 405 g/mol. The van der Waals surface area contributed by atoms with Crippen molar-refractivity contribution in [1.29, 1.82) is 0 Å². The number of ether oxygens (including phenoxy) is 1. The third-order valence-corrected chi connectivity index (χ3v) is 5.66. The zero-order chi connectivity index (χ0) is 18.7. The first-order valence-corrected chi connectivity index (χ1v) is 9.60. The number of thiophene rings is 1. The minimum atomic E-state index is -0.189. The van der Waals surface area contributed by atoms with Gasteiger partial charge in [0.05, 0.1) is 14.9 Å². The highest BCUT2D eigenvalue weighted by Gasteiger charge is 2.11. The van der Waals surface area contributed by atoms with Crippen molar-refractivity contribution >= 4 is 46.1 Å². The summed E-state index contributed by atoms with van der Waals surface area (Å²) in [6.07, 6.45) is 0. The van der Waals surface area contributed by atoms with Crippen LogP contribution in [-0.4, -0.2) is 5.91 Å². The van der Waals surface area contributed by atoms with Gasteiger partial charge in [-0.3, -0.25) is 4.79 Å². The summed E-state index contributed by atoms with van der Waals surface area (Å²) in [5.41, 5.74) is 3.97. The molecule has 0 aliphatic rings. The van der Waals surface area contributed by atoms with Crippen LogP contribution >= 0.6 is 34.5 Å². The third kappa shape index (κ3) is 4.58. The number of benzene rings is 2. The number of rotatable bonds is 5. The molecule has 0 saturated carbocycles. The number of nitrogens with one attached hydrogen (secondary N) is 1. The third-order valence-electron chi connectivity index (χ3n) is 3.94. The van der Waals surface area contributed by atoms with Crippen molar-refractivity contribution in [2.75, 3.05) is 5.32 Å². The lowest BCUT2D eigenvalue weighted by Crippen LogP contribution is -2.10. The van der Waals surface area contributed by atoms with Crippen LogP contribution in [0.1, 0.15) is 26.4 Å².